The van der Waals surface area contributed by atoms with E-state index < -0.39 is 17.9 Å². The predicted molar refractivity (Wildman–Crippen MR) is 93.5 cm³/mol. The molecular formula is C18H14ClN3O3. The summed E-state index contributed by atoms with van der Waals surface area (Å²) in [6, 6.07) is 13.0. The highest BCUT2D eigenvalue weighted by molar-refractivity contribution is 6.31. The van der Waals surface area contributed by atoms with Crippen LogP contribution in [0.2, 0.25) is 5.02 Å². The fraction of sp³-hybridized carbons (Fsp3) is 0.111. The van der Waals surface area contributed by atoms with Gasteiger partial charge in [0.15, 0.2) is 5.65 Å². The molecule has 25 heavy (non-hydrogen) atoms. The van der Waals surface area contributed by atoms with Crippen LogP contribution in [0.15, 0.2) is 54.7 Å². The Kier molecular flexibility index (Phi) is 4.90. The van der Waals surface area contributed by atoms with E-state index in [1.165, 1.54) is 0 Å². The van der Waals surface area contributed by atoms with Crippen LogP contribution < -0.4 is 5.32 Å². The number of fused-ring (bicyclic) bond motifs is 1. The number of carbonyl (C=O) groups excluding carboxylic acids is 1. The molecule has 0 fully saturated rings. The van der Waals surface area contributed by atoms with Crippen LogP contribution in [0.5, 0.6) is 0 Å². The van der Waals surface area contributed by atoms with Crippen LogP contribution in [0.1, 0.15) is 28.5 Å². The van der Waals surface area contributed by atoms with E-state index in [2.05, 4.69) is 15.3 Å². The summed E-state index contributed by atoms with van der Waals surface area (Å²) in [7, 11) is 0. The fourth-order valence-electron chi connectivity index (χ4n) is 2.48. The van der Waals surface area contributed by atoms with E-state index in [4.69, 9.17) is 16.7 Å². The molecule has 1 aromatic carbocycles. The van der Waals surface area contributed by atoms with E-state index in [0.29, 0.717) is 16.2 Å². The molecule has 2 heterocycles. The van der Waals surface area contributed by atoms with Crippen molar-refractivity contribution < 1.29 is 14.7 Å². The molecule has 0 unspecified atom stereocenters. The van der Waals surface area contributed by atoms with Crippen molar-refractivity contribution in [2.45, 2.75) is 12.5 Å². The van der Waals surface area contributed by atoms with Crippen LogP contribution >= 0.6 is 11.6 Å². The van der Waals surface area contributed by atoms with Crippen LogP contribution in [-0.4, -0.2) is 27.0 Å². The van der Waals surface area contributed by atoms with E-state index in [1.807, 2.05) is 6.07 Å². The summed E-state index contributed by atoms with van der Waals surface area (Å²) in [5.74, 6) is -1.53. The van der Waals surface area contributed by atoms with Crippen molar-refractivity contribution in [2.75, 3.05) is 0 Å². The molecule has 0 bridgehead atoms. The molecule has 6 nitrogen and oxygen atoms in total. The van der Waals surface area contributed by atoms with Gasteiger partial charge in [-0.3, -0.25) is 9.59 Å². The zero-order chi connectivity index (χ0) is 17.8. The number of hydrogen-bond donors (Lipinski definition) is 2. The number of nitrogens with zero attached hydrogens (tertiary/aromatic N) is 2. The minimum atomic E-state index is -1.04. The maximum absolute atomic E-state index is 12.5. The second-order valence-corrected chi connectivity index (χ2v) is 5.80. The second-order valence-electron chi connectivity index (χ2n) is 5.39. The lowest BCUT2D eigenvalue weighted by atomic mass is 10.0. The van der Waals surface area contributed by atoms with Gasteiger partial charge < -0.3 is 10.4 Å². The van der Waals surface area contributed by atoms with Crippen molar-refractivity contribution in [3.05, 3.63) is 71.0 Å². The molecular weight excluding hydrogens is 342 g/mol. The molecule has 0 aliphatic carbocycles. The van der Waals surface area contributed by atoms with Gasteiger partial charge in [-0.2, -0.15) is 0 Å². The van der Waals surface area contributed by atoms with E-state index >= 15 is 0 Å². The zero-order valence-corrected chi connectivity index (χ0v) is 13.8. The number of pyridine rings is 2. The topological polar surface area (TPSA) is 92.2 Å². The highest BCUT2D eigenvalue weighted by Gasteiger charge is 2.21. The molecule has 3 rings (SSSR count). The van der Waals surface area contributed by atoms with Crippen molar-refractivity contribution in [1.82, 2.24) is 15.3 Å². The molecule has 0 aliphatic heterocycles. The predicted octanol–water partition coefficient (Wildman–Crippen LogP) is 3.23. The van der Waals surface area contributed by atoms with Gasteiger partial charge >= 0.3 is 5.97 Å². The standard InChI is InChI=1S/C18H14ClN3O3/c19-13-6-2-1-5-12(13)15(10-16(23)24)22-18(25)14-8-7-11-4-3-9-20-17(11)21-14/h1-9,15H,10H2,(H,22,25)(H,23,24)/t15-/m1/s1. The van der Waals surface area contributed by atoms with Crippen LogP contribution in [0.25, 0.3) is 11.0 Å². The van der Waals surface area contributed by atoms with Gasteiger partial charge in [0.05, 0.1) is 12.5 Å². The summed E-state index contributed by atoms with van der Waals surface area (Å²) in [5.41, 5.74) is 1.15. The summed E-state index contributed by atoms with van der Waals surface area (Å²) in [6.07, 6.45) is 1.30. The number of halogens is 1. The quantitative estimate of drug-likeness (QED) is 0.733. The Balaban J connectivity index is 1.88. The Morgan fingerprint density at radius 3 is 2.68 bits per heavy atom. The molecule has 0 saturated heterocycles. The number of nitrogens with one attached hydrogen (secondary N) is 1. The minimum absolute atomic E-state index is 0.161. The number of rotatable bonds is 5. The molecule has 0 saturated carbocycles. The first-order valence-electron chi connectivity index (χ1n) is 7.53. The minimum Gasteiger partial charge on any atom is -0.481 e. The molecule has 0 radical (unpaired) electrons. The average molecular weight is 356 g/mol. The maximum atomic E-state index is 12.5. The summed E-state index contributed by atoms with van der Waals surface area (Å²) in [4.78, 5) is 32.0. The average Bonchev–Trinajstić information content (AvgIpc) is 2.60. The number of benzene rings is 1. The number of amides is 1. The van der Waals surface area contributed by atoms with Crippen molar-refractivity contribution in [2.24, 2.45) is 0 Å². The lowest BCUT2D eigenvalue weighted by Gasteiger charge is -2.18. The van der Waals surface area contributed by atoms with E-state index in [-0.39, 0.29) is 12.1 Å². The SMILES string of the molecule is O=C(O)C[C@@H](NC(=O)c1ccc2cccnc2n1)c1ccccc1Cl. The molecule has 3 aromatic rings. The normalized spacial score (nSPS) is 11.9. The number of hydrogen-bond acceptors (Lipinski definition) is 4. The molecule has 0 spiro atoms. The molecule has 1 atom stereocenters. The summed E-state index contributed by atoms with van der Waals surface area (Å²) in [6.45, 7) is 0. The van der Waals surface area contributed by atoms with Crippen LogP contribution in [0, 0.1) is 0 Å². The highest BCUT2D eigenvalue weighted by Crippen LogP contribution is 2.25. The monoisotopic (exact) mass is 355 g/mol. The van der Waals surface area contributed by atoms with Gasteiger partial charge in [-0.1, -0.05) is 29.8 Å². The third-order valence-corrected chi connectivity index (χ3v) is 4.01. The number of carboxylic acids is 1. The zero-order valence-electron chi connectivity index (χ0n) is 13.0. The smallest absolute Gasteiger partial charge is 0.305 e. The Morgan fingerprint density at radius 2 is 1.92 bits per heavy atom. The molecule has 126 valence electrons. The van der Waals surface area contributed by atoms with Crippen LogP contribution in [0.4, 0.5) is 0 Å². The third-order valence-electron chi connectivity index (χ3n) is 3.66. The highest BCUT2D eigenvalue weighted by atomic mass is 35.5. The lowest BCUT2D eigenvalue weighted by Crippen LogP contribution is -2.31. The number of aliphatic carboxylic acids is 1. The first-order chi connectivity index (χ1) is 12.0. The lowest BCUT2D eigenvalue weighted by molar-refractivity contribution is -0.137. The summed E-state index contributed by atoms with van der Waals surface area (Å²) in [5, 5.41) is 13.0. The van der Waals surface area contributed by atoms with Crippen molar-refractivity contribution in [3.63, 3.8) is 0 Å². The van der Waals surface area contributed by atoms with E-state index in [9.17, 15) is 9.59 Å². The van der Waals surface area contributed by atoms with Gasteiger partial charge in [0, 0.05) is 16.6 Å². The molecule has 2 aromatic heterocycles. The van der Waals surface area contributed by atoms with Crippen molar-refractivity contribution >= 4 is 34.5 Å². The number of aromatic nitrogens is 2. The third kappa shape index (κ3) is 3.92. The Labute approximate surface area is 148 Å². The van der Waals surface area contributed by atoms with Crippen LogP contribution in [0.3, 0.4) is 0 Å². The van der Waals surface area contributed by atoms with Gasteiger partial charge in [0.25, 0.3) is 5.91 Å². The Morgan fingerprint density at radius 1 is 1.12 bits per heavy atom. The molecule has 0 aliphatic rings. The van der Waals surface area contributed by atoms with Crippen molar-refractivity contribution in [1.29, 1.82) is 0 Å². The van der Waals surface area contributed by atoms with Crippen LogP contribution in [-0.2, 0) is 4.79 Å². The van der Waals surface area contributed by atoms with Gasteiger partial charge in [-0.25, -0.2) is 9.97 Å². The van der Waals surface area contributed by atoms with Gasteiger partial charge in [-0.15, -0.1) is 0 Å². The first-order valence-corrected chi connectivity index (χ1v) is 7.91. The van der Waals surface area contributed by atoms with E-state index in [0.717, 1.165) is 5.39 Å². The molecule has 1 amide bonds. The Hall–Kier alpha value is -2.99. The maximum Gasteiger partial charge on any atom is 0.305 e. The summed E-state index contributed by atoms with van der Waals surface area (Å²) >= 11 is 6.14. The first kappa shape index (κ1) is 16.9. The fourth-order valence-corrected chi connectivity index (χ4v) is 2.75. The van der Waals surface area contributed by atoms with Gasteiger partial charge in [-0.05, 0) is 35.9 Å². The molecule has 2 N–H and O–H groups in total. The second kappa shape index (κ2) is 7.27. The van der Waals surface area contributed by atoms with E-state index in [1.54, 1.807) is 48.7 Å². The Bertz CT molecular complexity index is 946. The number of carbonyl (C=O) groups is 2. The van der Waals surface area contributed by atoms with Gasteiger partial charge in [0.1, 0.15) is 5.69 Å². The van der Waals surface area contributed by atoms with Crippen molar-refractivity contribution in [3.8, 4) is 0 Å². The summed E-state index contributed by atoms with van der Waals surface area (Å²) < 4.78 is 0. The molecule has 7 heteroatoms. The van der Waals surface area contributed by atoms with Gasteiger partial charge in [0.2, 0.25) is 0 Å². The largest absolute Gasteiger partial charge is 0.481 e. The number of carboxylic acid groups (broad SMARTS) is 1.